The molecule has 0 unspecified atom stereocenters. The molecule has 198 valence electrons. The Balaban J connectivity index is 1.63. The van der Waals surface area contributed by atoms with E-state index in [0.717, 1.165) is 35.6 Å². The molecule has 0 saturated heterocycles. The van der Waals surface area contributed by atoms with E-state index >= 15 is 4.39 Å². The third kappa shape index (κ3) is 5.11. The zero-order valence-electron chi connectivity index (χ0n) is 19.9. The Morgan fingerprint density at radius 2 is 1.67 bits per heavy atom. The molecular formula is C25H17F3N6O3S2. The average molecular weight is 571 g/mol. The van der Waals surface area contributed by atoms with Crippen molar-refractivity contribution in [3.8, 4) is 38.3 Å². The molecule has 0 radical (unpaired) electrons. The van der Waals surface area contributed by atoms with Crippen LogP contribution in [0.5, 0.6) is 5.75 Å². The van der Waals surface area contributed by atoms with Crippen LogP contribution >= 0.6 is 11.3 Å². The third-order valence-electron chi connectivity index (χ3n) is 5.41. The van der Waals surface area contributed by atoms with E-state index in [0.29, 0.717) is 27.0 Å². The monoisotopic (exact) mass is 570 g/mol. The molecule has 0 atom stereocenters. The molecule has 9 nitrogen and oxygen atoms in total. The Kier molecular flexibility index (Phi) is 6.89. The van der Waals surface area contributed by atoms with Crippen LogP contribution in [0.1, 0.15) is 0 Å². The standard InChI is InChI=1S/C25H17F3N6O3S2/c1-37-13-8-9-19(31-12-13)24-33-21(22(38-24)18-10-11-30-25(29)32-18)14-4-2-7-17(20(14)28)34-39(35,36)23-15(26)5-3-6-16(23)27/h2-12,34H,1H3,(H2,29,30,32). The van der Waals surface area contributed by atoms with E-state index in [1.54, 1.807) is 18.2 Å². The van der Waals surface area contributed by atoms with Crippen molar-refractivity contribution in [1.82, 2.24) is 19.9 Å². The fourth-order valence-electron chi connectivity index (χ4n) is 3.64. The lowest BCUT2D eigenvalue weighted by Crippen LogP contribution is -2.17. The highest BCUT2D eigenvalue weighted by Gasteiger charge is 2.27. The lowest BCUT2D eigenvalue weighted by molar-refractivity contribution is 0.413. The van der Waals surface area contributed by atoms with Gasteiger partial charge in [-0.3, -0.25) is 4.72 Å². The highest BCUT2D eigenvalue weighted by molar-refractivity contribution is 7.92. The number of nitrogens with one attached hydrogen (secondary N) is 1. The maximum Gasteiger partial charge on any atom is 0.267 e. The maximum absolute atomic E-state index is 15.9. The van der Waals surface area contributed by atoms with E-state index in [2.05, 4.69) is 19.9 Å². The average Bonchev–Trinajstić information content (AvgIpc) is 3.35. The number of hydrogen-bond acceptors (Lipinski definition) is 9. The number of thiazole rings is 1. The van der Waals surface area contributed by atoms with Crippen molar-refractivity contribution in [1.29, 1.82) is 0 Å². The van der Waals surface area contributed by atoms with Gasteiger partial charge in [0.05, 0.1) is 41.0 Å². The lowest BCUT2D eigenvalue weighted by Gasteiger charge is -2.12. The topological polar surface area (TPSA) is 133 Å². The summed E-state index contributed by atoms with van der Waals surface area (Å²) in [7, 11) is -3.32. The fourth-order valence-corrected chi connectivity index (χ4v) is 5.87. The van der Waals surface area contributed by atoms with E-state index in [1.165, 1.54) is 31.6 Å². The summed E-state index contributed by atoms with van der Waals surface area (Å²) in [5, 5.41) is 0.402. The van der Waals surface area contributed by atoms with Gasteiger partial charge in [-0.15, -0.1) is 11.3 Å². The molecule has 0 aliphatic rings. The number of nitrogen functional groups attached to an aromatic ring is 1. The highest BCUT2D eigenvalue weighted by atomic mass is 32.2. The Morgan fingerprint density at radius 3 is 2.33 bits per heavy atom. The summed E-state index contributed by atoms with van der Waals surface area (Å²) in [4.78, 5) is 16.2. The molecule has 5 aromatic rings. The molecule has 2 aromatic carbocycles. The Bertz CT molecular complexity index is 1780. The molecule has 5 rings (SSSR count). The van der Waals surface area contributed by atoms with Gasteiger partial charge in [0, 0.05) is 11.8 Å². The first kappa shape index (κ1) is 26.1. The summed E-state index contributed by atoms with van der Waals surface area (Å²) in [5.74, 6) is -3.17. The maximum atomic E-state index is 15.9. The van der Waals surface area contributed by atoms with Crippen LogP contribution in [0.3, 0.4) is 0 Å². The van der Waals surface area contributed by atoms with Crippen LogP contribution in [-0.2, 0) is 10.0 Å². The number of halogens is 3. The van der Waals surface area contributed by atoms with E-state index in [4.69, 9.17) is 10.5 Å². The highest BCUT2D eigenvalue weighted by Crippen LogP contribution is 2.41. The minimum absolute atomic E-state index is 0.0233. The minimum Gasteiger partial charge on any atom is -0.495 e. The van der Waals surface area contributed by atoms with Gasteiger partial charge in [-0.05, 0) is 42.5 Å². The minimum atomic E-state index is -4.83. The van der Waals surface area contributed by atoms with Crippen molar-refractivity contribution < 1.29 is 26.3 Å². The Labute approximate surface area is 224 Å². The number of anilines is 2. The first-order valence-electron chi connectivity index (χ1n) is 11.0. The second kappa shape index (κ2) is 10.3. The molecular weight excluding hydrogens is 553 g/mol. The van der Waals surface area contributed by atoms with Gasteiger partial charge < -0.3 is 10.5 Å². The zero-order valence-corrected chi connectivity index (χ0v) is 21.5. The molecule has 39 heavy (non-hydrogen) atoms. The van der Waals surface area contributed by atoms with Gasteiger partial charge in [0.2, 0.25) is 5.95 Å². The van der Waals surface area contributed by atoms with E-state index in [1.807, 2.05) is 4.72 Å². The fraction of sp³-hybridized carbons (Fsp3) is 0.0400. The van der Waals surface area contributed by atoms with E-state index in [9.17, 15) is 17.2 Å². The van der Waals surface area contributed by atoms with Crippen LogP contribution in [0.25, 0.3) is 32.5 Å². The van der Waals surface area contributed by atoms with Gasteiger partial charge in [-0.1, -0.05) is 12.1 Å². The first-order valence-corrected chi connectivity index (χ1v) is 13.3. The van der Waals surface area contributed by atoms with Crippen LogP contribution in [0.15, 0.2) is 71.9 Å². The summed E-state index contributed by atoms with van der Waals surface area (Å²) in [5.41, 5.74) is 6.03. The summed E-state index contributed by atoms with van der Waals surface area (Å²) >= 11 is 1.15. The van der Waals surface area contributed by atoms with Crippen molar-refractivity contribution >= 4 is 33.0 Å². The molecule has 0 amide bonds. The lowest BCUT2D eigenvalue weighted by atomic mass is 10.1. The van der Waals surface area contributed by atoms with Gasteiger partial charge in [-0.2, -0.15) is 0 Å². The quantitative estimate of drug-likeness (QED) is 0.275. The number of benzene rings is 2. The number of aromatic nitrogens is 4. The molecule has 0 bridgehead atoms. The first-order chi connectivity index (χ1) is 18.7. The van der Waals surface area contributed by atoms with Crippen molar-refractivity contribution in [3.63, 3.8) is 0 Å². The van der Waals surface area contributed by atoms with E-state index < -0.39 is 38.1 Å². The zero-order chi connectivity index (χ0) is 27.7. The Morgan fingerprint density at radius 1 is 0.923 bits per heavy atom. The number of ether oxygens (including phenoxy) is 1. The number of methoxy groups -OCH3 is 1. The number of pyridine rings is 1. The van der Waals surface area contributed by atoms with Crippen molar-refractivity contribution in [3.05, 3.63) is 84.4 Å². The predicted molar refractivity (Wildman–Crippen MR) is 140 cm³/mol. The summed E-state index contributed by atoms with van der Waals surface area (Å²) in [6.45, 7) is 0. The summed E-state index contributed by atoms with van der Waals surface area (Å²) in [6.07, 6.45) is 2.92. The Hall–Kier alpha value is -4.56. The summed E-state index contributed by atoms with van der Waals surface area (Å²) < 4.78 is 76.9. The molecule has 3 heterocycles. The normalized spacial score (nSPS) is 11.4. The third-order valence-corrected chi connectivity index (χ3v) is 7.93. The molecule has 3 aromatic heterocycles. The second-order valence-electron chi connectivity index (χ2n) is 7.90. The van der Waals surface area contributed by atoms with Crippen LogP contribution in [0.2, 0.25) is 0 Å². The van der Waals surface area contributed by atoms with Gasteiger partial charge in [0.25, 0.3) is 10.0 Å². The molecule has 0 spiro atoms. The summed E-state index contributed by atoms with van der Waals surface area (Å²) in [6, 6.07) is 11.4. The molecule has 3 N–H and O–H groups in total. The number of rotatable bonds is 7. The van der Waals surface area contributed by atoms with Gasteiger partial charge >= 0.3 is 0 Å². The van der Waals surface area contributed by atoms with Crippen LogP contribution < -0.4 is 15.2 Å². The van der Waals surface area contributed by atoms with Gasteiger partial charge in [0.1, 0.15) is 22.4 Å². The SMILES string of the molecule is COc1ccc(-c2nc(-c3cccc(NS(=O)(=O)c4c(F)cccc4F)c3F)c(-c3ccnc(N)n3)s2)nc1. The largest absolute Gasteiger partial charge is 0.495 e. The number of sulfonamides is 1. The van der Waals surface area contributed by atoms with Crippen molar-refractivity contribution in [2.75, 3.05) is 17.6 Å². The van der Waals surface area contributed by atoms with E-state index in [-0.39, 0.29) is 17.2 Å². The predicted octanol–water partition coefficient (Wildman–Crippen LogP) is 5.14. The molecule has 0 aliphatic heterocycles. The molecule has 14 heteroatoms. The number of nitrogens with two attached hydrogens (primary N) is 1. The van der Waals surface area contributed by atoms with Gasteiger partial charge in [0.15, 0.2) is 10.7 Å². The smallest absolute Gasteiger partial charge is 0.267 e. The van der Waals surface area contributed by atoms with Gasteiger partial charge in [-0.25, -0.2) is 41.5 Å². The van der Waals surface area contributed by atoms with Crippen molar-refractivity contribution in [2.45, 2.75) is 4.90 Å². The number of nitrogens with zero attached hydrogens (tertiary/aromatic N) is 4. The van der Waals surface area contributed by atoms with Crippen LogP contribution in [-0.4, -0.2) is 35.5 Å². The van der Waals surface area contributed by atoms with Crippen LogP contribution in [0, 0.1) is 17.5 Å². The van der Waals surface area contributed by atoms with Crippen molar-refractivity contribution in [2.24, 2.45) is 0 Å². The van der Waals surface area contributed by atoms with Crippen LogP contribution in [0.4, 0.5) is 24.8 Å². The number of hydrogen-bond donors (Lipinski definition) is 2. The molecule has 0 aliphatic carbocycles. The molecule has 0 fully saturated rings. The molecule has 0 saturated carbocycles. The second-order valence-corrected chi connectivity index (χ2v) is 10.5.